The molecule has 1 atom stereocenters. The monoisotopic (exact) mass is 221 g/mol. The van der Waals surface area contributed by atoms with Gasteiger partial charge in [-0.3, -0.25) is 0 Å². The van der Waals surface area contributed by atoms with E-state index in [4.69, 9.17) is 16.0 Å². The predicted octanol–water partition coefficient (Wildman–Crippen LogP) is 3.69. The average Bonchev–Trinajstić information content (AvgIpc) is 1.95. The first kappa shape index (κ1) is 13.5. The van der Waals surface area contributed by atoms with Crippen LogP contribution in [-0.4, -0.2) is 21.0 Å². The van der Waals surface area contributed by atoms with Crippen LogP contribution in [0.5, 0.6) is 0 Å². The summed E-state index contributed by atoms with van der Waals surface area (Å²) >= 11 is 5.68. The van der Waals surface area contributed by atoms with E-state index in [2.05, 4.69) is 33.9 Å². The molecule has 1 nitrogen and oxygen atoms in total. The highest BCUT2D eigenvalue weighted by Crippen LogP contribution is 2.26. The fourth-order valence-electron chi connectivity index (χ4n) is 1.22. The summed E-state index contributed by atoms with van der Waals surface area (Å²) in [6.07, 6.45) is 2.51. The van der Waals surface area contributed by atoms with Gasteiger partial charge in [-0.2, -0.15) is 0 Å². The van der Waals surface area contributed by atoms with Crippen molar-refractivity contribution in [1.82, 2.24) is 0 Å². The molecular weight excluding hydrogens is 200 g/mol. The summed E-state index contributed by atoms with van der Waals surface area (Å²) in [6, 6.07) is 0. The molecule has 0 spiro atoms. The van der Waals surface area contributed by atoms with Gasteiger partial charge in [0.1, 0.15) is 0 Å². The fourth-order valence-corrected chi connectivity index (χ4v) is 2.41. The van der Waals surface area contributed by atoms with Crippen LogP contribution < -0.4 is 0 Å². The summed E-state index contributed by atoms with van der Waals surface area (Å²) in [6.45, 7) is 11.1. The van der Waals surface area contributed by atoms with Crippen molar-refractivity contribution in [2.45, 2.75) is 52.8 Å². The Morgan fingerprint density at radius 1 is 1.31 bits per heavy atom. The molecule has 1 radical (unpaired) electrons. The molecule has 0 aliphatic heterocycles. The van der Waals surface area contributed by atoms with E-state index in [0.29, 0.717) is 6.10 Å². The average molecular weight is 222 g/mol. The highest BCUT2D eigenvalue weighted by molar-refractivity contribution is 6.48. The molecule has 3 heteroatoms. The van der Waals surface area contributed by atoms with Gasteiger partial charge in [-0.25, -0.2) is 0 Å². The van der Waals surface area contributed by atoms with Crippen molar-refractivity contribution in [2.24, 2.45) is 5.41 Å². The molecule has 1 unspecified atom stereocenters. The van der Waals surface area contributed by atoms with Gasteiger partial charge in [-0.15, -0.1) is 11.6 Å². The Labute approximate surface area is 89.5 Å². The van der Waals surface area contributed by atoms with E-state index in [0.717, 1.165) is 18.7 Å². The van der Waals surface area contributed by atoms with Crippen molar-refractivity contribution in [2.75, 3.05) is 5.88 Å². The molecule has 0 aromatic rings. The van der Waals surface area contributed by atoms with Crippen LogP contribution in [0.25, 0.3) is 0 Å². The highest BCUT2D eigenvalue weighted by Gasteiger charge is 2.25. The van der Waals surface area contributed by atoms with Crippen LogP contribution in [-0.2, 0) is 4.43 Å². The third-order valence-corrected chi connectivity index (χ3v) is 2.97. The van der Waals surface area contributed by atoms with Gasteiger partial charge < -0.3 is 4.43 Å². The van der Waals surface area contributed by atoms with Crippen LogP contribution in [0.3, 0.4) is 0 Å². The predicted molar refractivity (Wildman–Crippen MR) is 61.8 cm³/mol. The zero-order chi connectivity index (χ0) is 10.5. The summed E-state index contributed by atoms with van der Waals surface area (Å²) in [5, 5.41) is 0. The van der Waals surface area contributed by atoms with Crippen LogP contribution in [0.4, 0.5) is 0 Å². The third kappa shape index (κ3) is 6.53. The number of rotatable bonds is 5. The highest BCUT2D eigenvalue weighted by atomic mass is 35.5. The van der Waals surface area contributed by atoms with Gasteiger partial charge in [0, 0.05) is 12.0 Å². The van der Waals surface area contributed by atoms with Gasteiger partial charge >= 0.3 is 0 Å². The van der Waals surface area contributed by atoms with E-state index < -0.39 is 9.04 Å². The van der Waals surface area contributed by atoms with Crippen molar-refractivity contribution < 1.29 is 4.43 Å². The SMILES string of the molecule is C[Si](C)OC(CCCCl)C(C)(C)C. The van der Waals surface area contributed by atoms with Crippen LogP contribution in [0.1, 0.15) is 33.6 Å². The first-order chi connectivity index (χ1) is 5.88. The van der Waals surface area contributed by atoms with E-state index in [1.54, 1.807) is 0 Å². The maximum absolute atomic E-state index is 5.96. The molecule has 0 amide bonds. The second-order valence-electron chi connectivity index (χ2n) is 4.71. The van der Waals surface area contributed by atoms with E-state index in [1.165, 1.54) is 0 Å². The summed E-state index contributed by atoms with van der Waals surface area (Å²) in [4.78, 5) is 0. The van der Waals surface area contributed by atoms with Gasteiger partial charge in [0.15, 0.2) is 0 Å². The topological polar surface area (TPSA) is 9.23 Å². The zero-order valence-electron chi connectivity index (χ0n) is 9.48. The Balaban J connectivity index is 4.03. The lowest BCUT2D eigenvalue weighted by atomic mass is 9.87. The minimum Gasteiger partial charge on any atom is -0.414 e. The molecule has 13 heavy (non-hydrogen) atoms. The number of halogens is 1. The molecule has 0 saturated heterocycles. The van der Waals surface area contributed by atoms with Crippen molar-refractivity contribution in [3.05, 3.63) is 0 Å². The minimum absolute atomic E-state index is 0.244. The lowest BCUT2D eigenvalue weighted by Crippen LogP contribution is -2.33. The van der Waals surface area contributed by atoms with E-state index in [1.807, 2.05) is 0 Å². The van der Waals surface area contributed by atoms with Gasteiger partial charge in [-0.1, -0.05) is 20.8 Å². The zero-order valence-corrected chi connectivity index (χ0v) is 11.2. The summed E-state index contributed by atoms with van der Waals surface area (Å²) in [7, 11) is -0.589. The summed E-state index contributed by atoms with van der Waals surface area (Å²) in [5.74, 6) is 0.742. The second kappa shape index (κ2) is 6.05. The van der Waals surface area contributed by atoms with E-state index in [9.17, 15) is 0 Å². The minimum atomic E-state index is -0.589. The molecule has 0 N–H and O–H groups in total. The van der Waals surface area contributed by atoms with Crippen LogP contribution in [0, 0.1) is 5.41 Å². The number of alkyl halides is 1. The standard InChI is InChI=1S/C10H22ClOSi/c1-10(2,3)9(7-6-8-11)12-13(4)5/h9H,6-8H2,1-5H3. The molecule has 79 valence electrons. The van der Waals surface area contributed by atoms with Crippen LogP contribution >= 0.6 is 11.6 Å². The lowest BCUT2D eigenvalue weighted by molar-refractivity contribution is 0.0780. The Kier molecular flexibility index (Phi) is 6.26. The number of hydrogen-bond acceptors (Lipinski definition) is 1. The molecule has 0 aliphatic carbocycles. The summed E-state index contributed by atoms with van der Waals surface area (Å²) < 4.78 is 5.96. The molecule has 0 saturated carbocycles. The molecule has 0 rings (SSSR count). The lowest BCUT2D eigenvalue weighted by Gasteiger charge is -2.32. The Hall–Kier alpha value is 0.467. The fraction of sp³-hybridized carbons (Fsp3) is 1.00. The smallest absolute Gasteiger partial charge is 0.205 e. The van der Waals surface area contributed by atoms with E-state index in [-0.39, 0.29) is 5.41 Å². The van der Waals surface area contributed by atoms with Crippen LogP contribution in [0.15, 0.2) is 0 Å². The summed E-state index contributed by atoms with van der Waals surface area (Å²) in [5.41, 5.74) is 0.244. The Morgan fingerprint density at radius 2 is 1.85 bits per heavy atom. The quantitative estimate of drug-likeness (QED) is 0.508. The van der Waals surface area contributed by atoms with Crippen molar-refractivity contribution in [3.8, 4) is 0 Å². The maximum atomic E-state index is 5.96. The Morgan fingerprint density at radius 3 is 2.15 bits per heavy atom. The van der Waals surface area contributed by atoms with Gasteiger partial charge in [0.2, 0.25) is 9.04 Å². The van der Waals surface area contributed by atoms with Gasteiger partial charge in [-0.05, 0) is 31.4 Å². The van der Waals surface area contributed by atoms with Gasteiger partial charge in [0.25, 0.3) is 0 Å². The molecule has 0 aromatic carbocycles. The maximum Gasteiger partial charge on any atom is 0.205 e. The van der Waals surface area contributed by atoms with Crippen LogP contribution in [0.2, 0.25) is 13.1 Å². The first-order valence-corrected chi connectivity index (χ1v) is 7.85. The molecular formula is C10H22ClOSi. The van der Waals surface area contributed by atoms with Gasteiger partial charge in [0.05, 0.1) is 0 Å². The van der Waals surface area contributed by atoms with Crippen molar-refractivity contribution in [3.63, 3.8) is 0 Å². The third-order valence-electron chi connectivity index (χ3n) is 1.94. The molecule has 0 heterocycles. The first-order valence-electron chi connectivity index (χ1n) is 4.90. The molecule has 0 bridgehead atoms. The van der Waals surface area contributed by atoms with Crippen molar-refractivity contribution in [1.29, 1.82) is 0 Å². The largest absolute Gasteiger partial charge is 0.414 e. The van der Waals surface area contributed by atoms with Crippen molar-refractivity contribution >= 4 is 20.6 Å². The molecule has 0 aliphatic rings. The molecule has 0 fully saturated rings. The second-order valence-corrected chi connectivity index (χ2v) is 7.14. The normalized spacial score (nSPS) is 15.0. The molecule has 0 aromatic heterocycles. The van der Waals surface area contributed by atoms with E-state index >= 15 is 0 Å². The number of hydrogen-bond donors (Lipinski definition) is 0. The Bertz CT molecular complexity index is 131.